The lowest BCUT2D eigenvalue weighted by molar-refractivity contribution is -0.117. The molecule has 2 heterocycles. The van der Waals surface area contributed by atoms with Crippen molar-refractivity contribution in [3.05, 3.63) is 40.6 Å². The van der Waals surface area contributed by atoms with Crippen molar-refractivity contribution in [2.45, 2.75) is 4.90 Å². The summed E-state index contributed by atoms with van der Waals surface area (Å²) in [7, 11) is 0.703. The summed E-state index contributed by atoms with van der Waals surface area (Å²) < 4.78 is 31.1. The molecule has 2 aromatic rings. The molecule has 2 amide bonds. The highest BCUT2D eigenvalue weighted by molar-refractivity contribution is 7.89. The highest BCUT2D eigenvalue weighted by Crippen LogP contribution is 2.28. The van der Waals surface area contributed by atoms with Crippen LogP contribution in [0.15, 0.2) is 40.6 Å². The quantitative estimate of drug-likeness (QED) is 0.662. The molecule has 1 aliphatic rings. The number of piperazine rings is 1. The van der Waals surface area contributed by atoms with Gasteiger partial charge in [0.1, 0.15) is 5.75 Å². The van der Waals surface area contributed by atoms with E-state index in [4.69, 9.17) is 4.74 Å². The fourth-order valence-electron chi connectivity index (χ4n) is 3.21. The molecule has 1 N–H and O–H groups in total. The van der Waals surface area contributed by atoms with E-state index in [1.807, 2.05) is 22.4 Å². The average molecular weight is 467 g/mol. The van der Waals surface area contributed by atoms with Crippen molar-refractivity contribution in [1.82, 2.24) is 14.1 Å². The predicted molar refractivity (Wildman–Crippen MR) is 119 cm³/mol. The minimum Gasteiger partial charge on any atom is -0.495 e. The number of anilines is 1. The first-order valence-corrected chi connectivity index (χ1v) is 12.0. The van der Waals surface area contributed by atoms with E-state index < -0.39 is 10.0 Å². The van der Waals surface area contributed by atoms with E-state index in [9.17, 15) is 18.0 Å². The number of hydrogen-bond donors (Lipinski definition) is 1. The third-order valence-electron chi connectivity index (χ3n) is 4.98. The van der Waals surface area contributed by atoms with Crippen molar-refractivity contribution in [3.8, 4) is 5.75 Å². The molecule has 0 spiro atoms. The molecule has 0 bridgehead atoms. The summed E-state index contributed by atoms with van der Waals surface area (Å²) >= 11 is 1.42. The Balaban J connectivity index is 1.60. The Bertz CT molecular complexity index is 1030. The third kappa shape index (κ3) is 5.42. The van der Waals surface area contributed by atoms with Crippen LogP contribution in [-0.2, 0) is 14.8 Å². The van der Waals surface area contributed by atoms with Crippen molar-refractivity contribution in [1.29, 1.82) is 0 Å². The summed E-state index contributed by atoms with van der Waals surface area (Å²) in [5.74, 6) is 0.107. The zero-order chi connectivity index (χ0) is 22.6. The van der Waals surface area contributed by atoms with Gasteiger partial charge in [0.15, 0.2) is 0 Å². The smallest absolute Gasteiger partial charge is 0.264 e. The number of sulfonamides is 1. The first kappa shape index (κ1) is 23.2. The van der Waals surface area contributed by atoms with Gasteiger partial charge in [0.05, 0.1) is 29.1 Å². The van der Waals surface area contributed by atoms with Crippen molar-refractivity contribution in [3.63, 3.8) is 0 Å². The fourth-order valence-corrected chi connectivity index (χ4v) is 4.83. The molecule has 0 atom stereocenters. The molecule has 1 aromatic heterocycles. The molecule has 3 rings (SSSR count). The van der Waals surface area contributed by atoms with Gasteiger partial charge in [-0.2, -0.15) is 0 Å². The van der Waals surface area contributed by atoms with Crippen molar-refractivity contribution < 1.29 is 22.7 Å². The van der Waals surface area contributed by atoms with E-state index in [1.54, 1.807) is 4.90 Å². The standard InChI is InChI=1S/C20H26N4O5S2/c1-22(2)31(27,28)15-6-7-17(29-3)16(13-15)21-19(25)14-23-8-10-24(11-9-23)20(26)18-5-4-12-30-18/h4-7,12-13H,8-11,14H2,1-3H3,(H,21,25). The SMILES string of the molecule is COc1ccc(S(=O)(=O)N(C)C)cc1NC(=O)CN1CCN(C(=O)c2cccs2)CC1. The number of carbonyl (C=O) groups is 2. The summed E-state index contributed by atoms with van der Waals surface area (Å²) in [5.41, 5.74) is 0.293. The Morgan fingerprint density at radius 2 is 1.87 bits per heavy atom. The summed E-state index contributed by atoms with van der Waals surface area (Å²) in [6.07, 6.45) is 0. The molecule has 1 saturated heterocycles. The summed E-state index contributed by atoms with van der Waals surface area (Å²) in [6.45, 7) is 2.38. The normalized spacial score (nSPS) is 15.2. The second-order valence-electron chi connectivity index (χ2n) is 7.24. The number of ether oxygens (including phenoxy) is 1. The van der Waals surface area contributed by atoms with E-state index in [-0.39, 0.29) is 23.3 Å². The van der Waals surface area contributed by atoms with Crippen molar-refractivity contribution in [2.75, 3.05) is 59.2 Å². The number of methoxy groups -OCH3 is 1. The number of nitrogens with zero attached hydrogens (tertiary/aromatic N) is 3. The van der Waals surface area contributed by atoms with Gasteiger partial charge in [-0.15, -0.1) is 11.3 Å². The number of thiophene rings is 1. The highest BCUT2D eigenvalue weighted by atomic mass is 32.2. The van der Waals surface area contributed by atoms with Gasteiger partial charge in [-0.3, -0.25) is 14.5 Å². The second kappa shape index (κ2) is 9.77. The maximum absolute atomic E-state index is 12.6. The van der Waals surface area contributed by atoms with E-state index in [2.05, 4.69) is 5.32 Å². The maximum atomic E-state index is 12.6. The molecule has 9 nitrogen and oxygen atoms in total. The number of hydrogen-bond acceptors (Lipinski definition) is 7. The van der Waals surface area contributed by atoms with Gasteiger partial charge in [-0.25, -0.2) is 12.7 Å². The molecule has 0 radical (unpaired) electrons. The molecule has 1 fully saturated rings. The molecule has 1 aromatic carbocycles. The lowest BCUT2D eigenvalue weighted by atomic mass is 10.2. The van der Waals surface area contributed by atoms with E-state index in [0.717, 1.165) is 4.31 Å². The largest absolute Gasteiger partial charge is 0.495 e. The Kier molecular flexibility index (Phi) is 7.31. The van der Waals surface area contributed by atoms with Gasteiger partial charge in [0.25, 0.3) is 5.91 Å². The Morgan fingerprint density at radius 3 is 2.45 bits per heavy atom. The van der Waals surface area contributed by atoms with Gasteiger partial charge < -0.3 is 15.0 Å². The van der Waals surface area contributed by atoms with Crippen molar-refractivity contribution in [2.24, 2.45) is 0 Å². The van der Waals surface area contributed by atoms with Gasteiger partial charge in [-0.05, 0) is 29.6 Å². The van der Waals surface area contributed by atoms with Crippen LogP contribution < -0.4 is 10.1 Å². The minimum absolute atomic E-state index is 0.0164. The van der Waals surface area contributed by atoms with Gasteiger partial charge in [0.2, 0.25) is 15.9 Å². The summed E-state index contributed by atoms with van der Waals surface area (Å²) in [5, 5.41) is 4.62. The number of nitrogens with one attached hydrogen (secondary N) is 1. The van der Waals surface area contributed by atoms with Crippen LogP contribution in [-0.4, -0.2) is 88.3 Å². The van der Waals surface area contributed by atoms with Gasteiger partial charge in [-0.1, -0.05) is 6.07 Å². The van der Waals surface area contributed by atoms with Crippen LogP contribution in [0.25, 0.3) is 0 Å². The number of amides is 2. The first-order valence-electron chi connectivity index (χ1n) is 9.68. The van der Waals surface area contributed by atoms with E-state index >= 15 is 0 Å². The molecule has 1 aliphatic heterocycles. The minimum atomic E-state index is -3.64. The number of carbonyl (C=O) groups excluding carboxylic acids is 2. The third-order valence-corrected chi connectivity index (χ3v) is 7.65. The zero-order valence-electron chi connectivity index (χ0n) is 17.7. The second-order valence-corrected chi connectivity index (χ2v) is 10.3. The predicted octanol–water partition coefficient (Wildman–Crippen LogP) is 1.40. The van der Waals surface area contributed by atoms with Crippen LogP contribution in [0.2, 0.25) is 0 Å². The Labute approximate surface area is 186 Å². The van der Waals surface area contributed by atoms with Crippen molar-refractivity contribution >= 4 is 38.9 Å². The van der Waals surface area contributed by atoms with E-state index in [1.165, 1.54) is 50.7 Å². The number of benzene rings is 1. The molecule has 31 heavy (non-hydrogen) atoms. The van der Waals surface area contributed by atoms with Crippen LogP contribution in [0, 0.1) is 0 Å². The highest BCUT2D eigenvalue weighted by Gasteiger charge is 2.24. The van der Waals surface area contributed by atoms with Crippen LogP contribution >= 0.6 is 11.3 Å². The molecular formula is C20H26N4O5S2. The molecular weight excluding hydrogens is 440 g/mol. The average Bonchev–Trinajstić information content (AvgIpc) is 3.28. The molecule has 0 aliphatic carbocycles. The first-order chi connectivity index (χ1) is 14.7. The topological polar surface area (TPSA) is 99.3 Å². The van der Waals surface area contributed by atoms with Crippen LogP contribution in [0.4, 0.5) is 5.69 Å². The van der Waals surface area contributed by atoms with Gasteiger partial charge >= 0.3 is 0 Å². The summed E-state index contributed by atoms with van der Waals surface area (Å²) in [6, 6.07) is 8.01. The number of rotatable bonds is 7. The molecule has 168 valence electrons. The zero-order valence-corrected chi connectivity index (χ0v) is 19.3. The molecule has 0 saturated carbocycles. The fraction of sp³-hybridized carbons (Fsp3) is 0.400. The van der Waals surface area contributed by atoms with Crippen LogP contribution in [0.3, 0.4) is 0 Å². The van der Waals surface area contributed by atoms with Gasteiger partial charge in [0, 0.05) is 40.3 Å². The molecule has 0 unspecified atom stereocenters. The lowest BCUT2D eigenvalue weighted by Gasteiger charge is -2.34. The van der Waals surface area contributed by atoms with Crippen LogP contribution in [0.5, 0.6) is 5.75 Å². The molecule has 11 heteroatoms. The monoisotopic (exact) mass is 466 g/mol. The Hall–Kier alpha value is -2.47. The van der Waals surface area contributed by atoms with E-state index in [0.29, 0.717) is 42.5 Å². The summed E-state index contributed by atoms with van der Waals surface area (Å²) in [4.78, 5) is 29.6. The maximum Gasteiger partial charge on any atom is 0.264 e. The lowest BCUT2D eigenvalue weighted by Crippen LogP contribution is -2.50. The van der Waals surface area contributed by atoms with Crippen LogP contribution in [0.1, 0.15) is 9.67 Å². The Morgan fingerprint density at radius 1 is 1.16 bits per heavy atom.